The normalized spacial score (nSPS) is 15.6. The molecule has 0 bridgehead atoms. The van der Waals surface area contributed by atoms with Crippen molar-refractivity contribution in [2.75, 3.05) is 0 Å². The maximum absolute atomic E-state index is 11.5. The number of hydrogen-bond acceptors (Lipinski definition) is 4. The van der Waals surface area contributed by atoms with Crippen molar-refractivity contribution in [3.8, 4) is 5.75 Å². The molecule has 0 spiro atoms. The molecule has 0 saturated carbocycles. The Balaban J connectivity index is 1.43. The molecule has 1 aromatic carbocycles. The molecule has 1 aliphatic rings. The Morgan fingerprint density at radius 2 is 2.00 bits per heavy atom. The van der Waals surface area contributed by atoms with Gasteiger partial charge in [0.2, 0.25) is 0 Å². The number of pyridine rings is 1. The smallest absolute Gasteiger partial charge is 0.307 e. The highest BCUT2D eigenvalue weighted by atomic mass is 35.5. The first-order valence-electron chi connectivity index (χ1n) is 10.3. The summed E-state index contributed by atoms with van der Waals surface area (Å²) in [5.41, 5.74) is 4.94. The van der Waals surface area contributed by atoms with Gasteiger partial charge in [0.1, 0.15) is 6.61 Å². The first-order chi connectivity index (χ1) is 15.5. The fourth-order valence-corrected chi connectivity index (χ4v) is 5.06. The van der Waals surface area contributed by atoms with Gasteiger partial charge >= 0.3 is 5.97 Å². The van der Waals surface area contributed by atoms with Gasteiger partial charge in [-0.05, 0) is 48.2 Å². The van der Waals surface area contributed by atoms with E-state index in [9.17, 15) is 9.90 Å². The van der Waals surface area contributed by atoms with Crippen LogP contribution in [-0.4, -0.2) is 30.5 Å². The zero-order valence-corrected chi connectivity index (χ0v) is 18.6. The number of rotatable bonds is 6. The lowest BCUT2D eigenvalue weighted by Crippen LogP contribution is -2.23. The molecule has 32 heavy (non-hydrogen) atoms. The molecular formula is C23H20Cl2N4O3. The highest BCUT2D eigenvalue weighted by molar-refractivity contribution is 6.37. The van der Waals surface area contributed by atoms with Crippen LogP contribution in [0.15, 0.2) is 48.8 Å². The lowest BCUT2D eigenvalue weighted by atomic mass is 9.90. The van der Waals surface area contributed by atoms with E-state index in [4.69, 9.17) is 27.9 Å². The minimum Gasteiger partial charge on any atom is -0.484 e. The summed E-state index contributed by atoms with van der Waals surface area (Å²) in [4.78, 5) is 11.5. The van der Waals surface area contributed by atoms with Crippen LogP contribution in [0.2, 0.25) is 10.0 Å². The molecule has 7 nitrogen and oxygen atoms in total. The number of ether oxygens (including phenoxy) is 1. The first-order valence-corrected chi connectivity index (χ1v) is 11.1. The number of aromatic nitrogens is 4. The number of para-hydroxylation sites is 1. The summed E-state index contributed by atoms with van der Waals surface area (Å²) < 4.78 is 9.90. The topological polar surface area (TPSA) is 81.6 Å². The van der Waals surface area contributed by atoms with Crippen molar-refractivity contribution >= 4 is 34.7 Å². The number of nitrogens with zero attached hydrogens (tertiary/aromatic N) is 4. The molecule has 164 valence electrons. The number of carboxylic acid groups (broad SMARTS) is 1. The summed E-state index contributed by atoms with van der Waals surface area (Å²) >= 11 is 12.4. The zero-order chi connectivity index (χ0) is 22.2. The number of carboxylic acids is 1. The molecule has 1 atom stereocenters. The SMILES string of the molecule is O=C(O)Cc1c2c(n3ccccc13)CC(n1nncc1COc1c(Cl)cccc1Cl)CC2. The van der Waals surface area contributed by atoms with Crippen LogP contribution in [0.4, 0.5) is 0 Å². The van der Waals surface area contributed by atoms with Crippen LogP contribution in [-0.2, 0) is 30.7 Å². The summed E-state index contributed by atoms with van der Waals surface area (Å²) in [6.45, 7) is 0.235. The molecule has 0 fully saturated rings. The molecule has 0 saturated heterocycles. The molecule has 1 aliphatic carbocycles. The highest BCUT2D eigenvalue weighted by Gasteiger charge is 2.29. The lowest BCUT2D eigenvalue weighted by molar-refractivity contribution is -0.136. The summed E-state index contributed by atoms with van der Waals surface area (Å²) in [6.07, 6.45) is 6.04. The third-order valence-electron chi connectivity index (χ3n) is 5.94. The van der Waals surface area contributed by atoms with E-state index in [1.54, 1.807) is 24.4 Å². The standard InChI is InChI=1S/C23H20Cl2N4O3/c24-18-4-3-5-19(25)23(18)32-13-15-12-26-27-29(15)14-7-8-16-17(11-22(30)31)20-6-1-2-9-28(20)21(16)10-14/h1-6,9,12,14H,7-8,10-11,13H2,(H,30,31). The van der Waals surface area contributed by atoms with Crippen molar-refractivity contribution in [3.63, 3.8) is 0 Å². The molecule has 1 N–H and O–H groups in total. The van der Waals surface area contributed by atoms with Crippen LogP contribution in [0.3, 0.4) is 0 Å². The zero-order valence-electron chi connectivity index (χ0n) is 17.0. The molecule has 0 aliphatic heterocycles. The second-order valence-electron chi connectivity index (χ2n) is 7.84. The fourth-order valence-electron chi connectivity index (χ4n) is 4.55. The maximum atomic E-state index is 11.5. The van der Waals surface area contributed by atoms with Crippen molar-refractivity contribution in [2.45, 2.75) is 38.3 Å². The van der Waals surface area contributed by atoms with Gasteiger partial charge in [0, 0.05) is 23.8 Å². The predicted octanol–water partition coefficient (Wildman–Crippen LogP) is 4.77. The molecule has 3 heterocycles. The minimum atomic E-state index is -0.819. The fraction of sp³-hybridized carbons (Fsp3) is 0.261. The average molecular weight is 471 g/mol. The first kappa shape index (κ1) is 20.8. The van der Waals surface area contributed by atoms with Crippen molar-refractivity contribution in [3.05, 3.63) is 81.4 Å². The Morgan fingerprint density at radius 3 is 2.78 bits per heavy atom. The number of halogens is 2. The van der Waals surface area contributed by atoms with Crippen LogP contribution in [0.5, 0.6) is 5.75 Å². The Morgan fingerprint density at radius 1 is 1.19 bits per heavy atom. The molecule has 1 unspecified atom stereocenters. The summed E-state index contributed by atoms with van der Waals surface area (Å²) in [7, 11) is 0. The van der Waals surface area contributed by atoms with Gasteiger partial charge in [0.25, 0.3) is 0 Å². The predicted molar refractivity (Wildman–Crippen MR) is 121 cm³/mol. The van der Waals surface area contributed by atoms with E-state index in [-0.39, 0.29) is 19.1 Å². The Labute approximate surface area is 194 Å². The van der Waals surface area contributed by atoms with Crippen LogP contribution >= 0.6 is 23.2 Å². The van der Waals surface area contributed by atoms with E-state index in [2.05, 4.69) is 14.7 Å². The summed E-state index contributed by atoms with van der Waals surface area (Å²) in [6, 6.07) is 11.2. The Hall–Kier alpha value is -3.03. The van der Waals surface area contributed by atoms with E-state index in [0.717, 1.165) is 47.3 Å². The molecule has 0 amide bonds. The van der Waals surface area contributed by atoms with Crippen LogP contribution < -0.4 is 4.74 Å². The van der Waals surface area contributed by atoms with Crippen molar-refractivity contribution in [2.24, 2.45) is 0 Å². The van der Waals surface area contributed by atoms with Gasteiger partial charge in [-0.3, -0.25) is 4.79 Å². The number of fused-ring (bicyclic) bond motifs is 3. The molecule has 3 aromatic heterocycles. The Kier molecular flexibility index (Phi) is 5.53. The van der Waals surface area contributed by atoms with E-state index in [1.807, 2.05) is 29.1 Å². The van der Waals surface area contributed by atoms with Crippen LogP contribution in [0, 0.1) is 0 Å². The summed E-state index contributed by atoms with van der Waals surface area (Å²) in [5, 5.41) is 18.7. The van der Waals surface area contributed by atoms with Crippen molar-refractivity contribution in [1.82, 2.24) is 19.4 Å². The maximum Gasteiger partial charge on any atom is 0.307 e. The third kappa shape index (κ3) is 3.72. The van der Waals surface area contributed by atoms with Gasteiger partial charge in [0.05, 0.1) is 34.4 Å². The van der Waals surface area contributed by atoms with Crippen LogP contribution in [0.25, 0.3) is 5.52 Å². The van der Waals surface area contributed by atoms with E-state index in [1.165, 1.54) is 0 Å². The van der Waals surface area contributed by atoms with E-state index >= 15 is 0 Å². The third-order valence-corrected chi connectivity index (χ3v) is 6.53. The van der Waals surface area contributed by atoms with Gasteiger partial charge in [-0.25, -0.2) is 4.68 Å². The Bertz CT molecular complexity index is 1290. The number of aliphatic carboxylic acids is 1. The second-order valence-corrected chi connectivity index (χ2v) is 8.65. The largest absolute Gasteiger partial charge is 0.484 e. The van der Waals surface area contributed by atoms with E-state index < -0.39 is 5.97 Å². The van der Waals surface area contributed by atoms with E-state index in [0.29, 0.717) is 15.8 Å². The van der Waals surface area contributed by atoms with Gasteiger partial charge in [-0.15, -0.1) is 5.10 Å². The second kappa shape index (κ2) is 8.48. The van der Waals surface area contributed by atoms with Crippen LogP contribution in [0.1, 0.15) is 35.0 Å². The number of carbonyl (C=O) groups is 1. The molecular weight excluding hydrogens is 451 g/mol. The molecule has 0 radical (unpaired) electrons. The quantitative estimate of drug-likeness (QED) is 0.438. The molecule has 5 rings (SSSR count). The van der Waals surface area contributed by atoms with Crippen molar-refractivity contribution in [1.29, 1.82) is 0 Å². The highest BCUT2D eigenvalue weighted by Crippen LogP contribution is 2.36. The lowest BCUT2D eigenvalue weighted by Gasteiger charge is -2.25. The van der Waals surface area contributed by atoms with Gasteiger partial charge in [-0.2, -0.15) is 0 Å². The number of benzene rings is 1. The van der Waals surface area contributed by atoms with Gasteiger partial charge in [0.15, 0.2) is 5.75 Å². The number of hydrogen-bond donors (Lipinski definition) is 1. The van der Waals surface area contributed by atoms with Gasteiger partial charge in [-0.1, -0.05) is 40.5 Å². The summed E-state index contributed by atoms with van der Waals surface area (Å²) in [5.74, 6) is -0.384. The monoisotopic (exact) mass is 470 g/mol. The van der Waals surface area contributed by atoms with Gasteiger partial charge < -0.3 is 14.2 Å². The minimum absolute atomic E-state index is 0.0223. The average Bonchev–Trinajstić information content (AvgIpc) is 3.36. The molecule has 9 heteroatoms. The van der Waals surface area contributed by atoms with Crippen molar-refractivity contribution < 1.29 is 14.6 Å². The molecule has 4 aromatic rings.